The van der Waals surface area contributed by atoms with Crippen LogP contribution >= 0.6 is 48.0 Å². The van der Waals surface area contributed by atoms with Gasteiger partial charge in [0.1, 0.15) is 0 Å². The Bertz CT molecular complexity index is 782. The number of fused-ring (bicyclic) bond motifs is 3. The van der Waals surface area contributed by atoms with Crippen molar-refractivity contribution in [2.75, 3.05) is 43.5 Å². The molecule has 0 bridgehead atoms. The summed E-state index contributed by atoms with van der Waals surface area (Å²) in [5.74, 6) is 0.678. The molecule has 1 atom stereocenters. The molecule has 2 heterocycles. The number of hydrogen-bond acceptors (Lipinski definition) is 3. The molecule has 2 aromatic rings. The Hall–Kier alpha value is -0.970. The van der Waals surface area contributed by atoms with Crippen LogP contribution in [0, 0.1) is 0 Å². The van der Waals surface area contributed by atoms with Crippen LogP contribution in [0.15, 0.2) is 53.5 Å². The normalized spacial score (nSPS) is 19.0. The van der Waals surface area contributed by atoms with Gasteiger partial charge in [-0.15, -0.1) is 36.4 Å². The van der Waals surface area contributed by atoms with E-state index >= 15 is 0 Å². The Morgan fingerprint density at radius 1 is 1.04 bits per heavy atom. The number of benzene rings is 2. The first kappa shape index (κ1) is 22.3. The summed E-state index contributed by atoms with van der Waals surface area (Å²) in [7, 11) is 0. The quantitative estimate of drug-likeness (QED) is 0.632. The van der Waals surface area contributed by atoms with Gasteiger partial charge in [0.25, 0.3) is 0 Å². The molecule has 0 spiro atoms. The zero-order chi connectivity index (χ0) is 17.2. The molecule has 2 aliphatic rings. The van der Waals surface area contributed by atoms with Crippen molar-refractivity contribution < 1.29 is 0 Å². The van der Waals surface area contributed by atoms with Crippen LogP contribution in [0.1, 0.15) is 11.1 Å². The molecular formula is C20H23Cl4N3. The molecule has 0 aromatic heterocycles. The second-order valence-electron chi connectivity index (χ2n) is 6.55. The molecule has 7 heteroatoms. The molecule has 0 amide bonds. The number of alkyl halides is 1. The second kappa shape index (κ2) is 9.99. The van der Waals surface area contributed by atoms with E-state index in [9.17, 15) is 0 Å². The topological polar surface area (TPSA) is 18.8 Å². The Balaban J connectivity index is 0.00000131. The maximum absolute atomic E-state index is 6.33. The maximum atomic E-state index is 6.33. The number of anilines is 1. The SMILES string of the molecule is Cl.Cl.ClCCN1CCN2c3ccc(Cl)cc3C(c3ccccc3)=NCC2C1. The third-order valence-electron chi connectivity index (χ3n) is 5.00. The minimum Gasteiger partial charge on any atom is -0.364 e. The van der Waals surface area contributed by atoms with E-state index in [-0.39, 0.29) is 24.8 Å². The first-order chi connectivity index (χ1) is 12.3. The minimum atomic E-state index is 0. The van der Waals surface area contributed by atoms with Crippen molar-refractivity contribution in [2.24, 2.45) is 4.99 Å². The highest BCUT2D eigenvalue weighted by molar-refractivity contribution is 6.31. The van der Waals surface area contributed by atoms with Gasteiger partial charge in [-0.25, -0.2) is 0 Å². The lowest BCUT2D eigenvalue weighted by atomic mass is 10.00. The summed E-state index contributed by atoms with van der Waals surface area (Å²) in [5.41, 5.74) is 4.55. The number of nitrogens with zero attached hydrogens (tertiary/aromatic N) is 3. The molecule has 1 fully saturated rings. The van der Waals surface area contributed by atoms with Crippen molar-refractivity contribution in [1.82, 2.24) is 4.90 Å². The summed E-state index contributed by atoms with van der Waals surface area (Å²) in [6, 6.07) is 16.9. The van der Waals surface area contributed by atoms with E-state index in [1.165, 1.54) is 5.69 Å². The van der Waals surface area contributed by atoms with Gasteiger partial charge in [-0.05, 0) is 18.2 Å². The second-order valence-corrected chi connectivity index (χ2v) is 7.37. The lowest BCUT2D eigenvalue weighted by Gasteiger charge is -2.42. The van der Waals surface area contributed by atoms with Crippen LogP contribution in [0.3, 0.4) is 0 Å². The average molecular weight is 447 g/mol. The van der Waals surface area contributed by atoms with Crippen molar-refractivity contribution in [3.63, 3.8) is 0 Å². The van der Waals surface area contributed by atoms with Gasteiger partial charge in [0.2, 0.25) is 0 Å². The van der Waals surface area contributed by atoms with E-state index in [2.05, 4.69) is 46.2 Å². The van der Waals surface area contributed by atoms with E-state index in [4.69, 9.17) is 28.2 Å². The van der Waals surface area contributed by atoms with Gasteiger partial charge in [0.05, 0.1) is 18.3 Å². The maximum Gasteiger partial charge on any atom is 0.0741 e. The summed E-state index contributed by atoms with van der Waals surface area (Å²) >= 11 is 12.3. The molecule has 0 saturated carbocycles. The number of hydrogen-bond donors (Lipinski definition) is 0. The van der Waals surface area contributed by atoms with Gasteiger partial charge < -0.3 is 4.90 Å². The van der Waals surface area contributed by atoms with E-state index in [1.54, 1.807) is 0 Å². The highest BCUT2D eigenvalue weighted by Gasteiger charge is 2.31. The predicted octanol–water partition coefficient (Wildman–Crippen LogP) is 4.76. The standard InChI is InChI=1S/C20H21Cl2N3.2ClH/c21-8-9-24-10-11-25-17(14-24)13-23-20(15-4-2-1-3-5-15)18-12-16(22)6-7-19(18)25;;/h1-7,12,17H,8-11,13-14H2;2*1H. The van der Waals surface area contributed by atoms with Gasteiger partial charge in [-0.1, -0.05) is 41.9 Å². The number of piperazine rings is 1. The zero-order valence-electron chi connectivity index (χ0n) is 14.9. The summed E-state index contributed by atoms with van der Waals surface area (Å²) in [6.07, 6.45) is 0. The summed E-state index contributed by atoms with van der Waals surface area (Å²) < 4.78 is 0. The van der Waals surface area contributed by atoms with Crippen molar-refractivity contribution >= 4 is 59.4 Å². The molecule has 27 heavy (non-hydrogen) atoms. The molecule has 3 nitrogen and oxygen atoms in total. The fourth-order valence-electron chi connectivity index (χ4n) is 3.79. The Labute approximate surface area is 183 Å². The predicted molar refractivity (Wildman–Crippen MR) is 121 cm³/mol. The molecule has 2 aliphatic heterocycles. The van der Waals surface area contributed by atoms with Crippen molar-refractivity contribution in [3.8, 4) is 0 Å². The van der Waals surface area contributed by atoms with Crippen LogP contribution in [0.4, 0.5) is 5.69 Å². The Kier molecular flexibility index (Phi) is 8.26. The number of aliphatic imine (C=N–C) groups is 1. The number of rotatable bonds is 3. The fraction of sp³-hybridized carbons (Fsp3) is 0.350. The van der Waals surface area contributed by atoms with Crippen LogP contribution in [0.25, 0.3) is 0 Å². The molecule has 4 rings (SSSR count). The average Bonchev–Trinajstić information content (AvgIpc) is 2.79. The minimum absolute atomic E-state index is 0. The van der Waals surface area contributed by atoms with Crippen LogP contribution < -0.4 is 4.90 Å². The molecule has 1 saturated heterocycles. The first-order valence-corrected chi connectivity index (χ1v) is 9.62. The van der Waals surface area contributed by atoms with Crippen LogP contribution in [0.5, 0.6) is 0 Å². The largest absolute Gasteiger partial charge is 0.364 e. The van der Waals surface area contributed by atoms with Crippen LogP contribution in [-0.2, 0) is 0 Å². The van der Waals surface area contributed by atoms with E-state index in [0.717, 1.165) is 54.6 Å². The Morgan fingerprint density at radius 2 is 1.81 bits per heavy atom. The van der Waals surface area contributed by atoms with Crippen molar-refractivity contribution in [2.45, 2.75) is 6.04 Å². The third-order valence-corrected chi connectivity index (χ3v) is 5.40. The third kappa shape index (κ3) is 4.72. The summed E-state index contributed by atoms with van der Waals surface area (Å²) in [4.78, 5) is 9.94. The first-order valence-electron chi connectivity index (χ1n) is 8.71. The van der Waals surface area contributed by atoms with Crippen LogP contribution in [-0.4, -0.2) is 55.3 Å². The van der Waals surface area contributed by atoms with Gasteiger partial charge in [0.15, 0.2) is 0 Å². The van der Waals surface area contributed by atoms with E-state index in [1.807, 2.05) is 12.1 Å². The summed E-state index contributed by atoms with van der Waals surface area (Å²) in [6.45, 7) is 4.75. The van der Waals surface area contributed by atoms with Gasteiger partial charge in [-0.3, -0.25) is 9.89 Å². The lowest BCUT2D eigenvalue weighted by Crippen LogP contribution is -2.54. The molecule has 1 unspecified atom stereocenters. The molecule has 0 N–H and O–H groups in total. The van der Waals surface area contributed by atoms with Crippen molar-refractivity contribution in [3.05, 3.63) is 64.7 Å². The van der Waals surface area contributed by atoms with E-state index in [0.29, 0.717) is 11.9 Å². The zero-order valence-corrected chi connectivity index (χ0v) is 18.0. The molecule has 0 aliphatic carbocycles. The summed E-state index contributed by atoms with van der Waals surface area (Å²) in [5, 5.41) is 0.751. The molecule has 0 radical (unpaired) electrons. The van der Waals surface area contributed by atoms with Gasteiger partial charge >= 0.3 is 0 Å². The van der Waals surface area contributed by atoms with Gasteiger partial charge in [0, 0.05) is 53.9 Å². The lowest BCUT2D eigenvalue weighted by molar-refractivity contribution is 0.237. The monoisotopic (exact) mass is 445 g/mol. The van der Waals surface area contributed by atoms with Gasteiger partial charge in [-0.2, -0.15) is 0 Å². The van der Waals surface area contributed by atoms with Crippen molar-refractivity contribution in [1.29, 1.82) is 0 Å². The molecule has 2 aromatic carbocycles. The Morgan fingerprint density at radius 3 is 2.56 bits per heavy atom. The highest BCUT2D eigenvalue weighted by atomic mass is 35.5. The molecule has 146 valence electrons. The highest BCUT2D eigenvalue weighted by Crippen LogP contribution is 2.32. The fourth-order valence-corrected chi connectivity index (χ4v) is 4.20. The van der Waals surface area contributed by atoms with E-state index < -0.39 is 0 Å². The van der Waals surface area contributed by atoms with Crippen LogP contribution in [0.2, 0.25) is 5.02 Å². The number of halogens is 4. The smallest absolute Gasteiger partial charge is 0.0741 e. The molecular weight excluding hydrogens is 424 g/mol.